The van der Waals surface area contributed by atoms with Crippen LogP contribution in [0.4, 0.5) is 10.5 Å². The number of hydrogen-bond acceptors (Lipinski definition) is 2. The summed E-state index contributed by atoms with van der Waals surface area (Å²) in [5, 5.41) is 3.21. The monoisotopic (exact) mass is 225 g/mol. The Morgan fingerprint density at radius 1 is 1.40 bits per heavy atom. The third-order valence-electron chi connectivity index (χ3n) is 1.57. The van der Waals surface area contributed by atoms with Gasteiger partial charge in [-0.05, 0) is 24.3 Å². The summed E-state index contributed by atoms with van der Waals surface area (Å²) in [6.45, 7) is 3.91. The van der Waals surface area contributed by atoms with E-state index in [1.807, 2.05) is 0 Å². The van der Waals surface area contributed by atoms with Crippen molar-refractivity contribution >= 4 is 23.3 Å². The number of hydrazine groups is 1. The Kier molecular flexibility index (Phi) is 4.50. The van der Waals surface area contributed by atoms with Gasteiger partial charge in [-0.15, -0.1) is 6.58 Å². The number of amides is 2. The third kappa shape index (κ3) is 4.37. The van der Waals surface area contributed by atoms with Gasteiger partial charge in [0.1, 0.15) is 0 Å². The highest BCUT2D eigenvalue weighted by atomic mass is 35.5. The van der Waals surface area contributed by atoms with Gasteiger partial charge in [0.15, 0.2) is 0 Å². The molecule has 2 amide bonds. The number of urea groups is 1. The average molecular weight is 226 g/mol. The van der Waals surface area contributed by atoms with Crippen molar-refractivity contribution in [2.75, 3.05) is 12.0 Å². The fraction of sp³-hybridized carbons (Fsp3) is 0.100. The van der Waals surface area contributed by atoms with Crippen LogP contribution in [0.3, 0.4) is 0 Å². The molecule has 0 fully saturated rings. The third-order valence-corrected chi connectivity index (χ3v) is 1.82. The van der Waals surface area contributed by atoms with Gasteiger partial charge in [-0.3, -0.25) is 10.9 Å². The molecule has 0 aromatic heterocycles. The Morgan fingerprint density at radius 3 is 2.67 bits per heavy atom. The minimum Gasteiger partial charge on any atom is -0.333 e. The van der Waals surface area contributed by atoms with Crippen molar-refractivity contribution in [3.05, 3.63) is 41.9 Å². The molecule has 5 heteroatoms. The maximum absolute atomic E-state index is 11.1. The molecule has 0 saturated carbocycles. The summed E-state index contributed by atoms with van der Waals surface area (Å²) in [6, 6.07) is 6.66. The Bertz CT molecular complexity index is 337. The number of carbonyl (C=O) groups excluding carboxylic acids is 1. The minimum atomic E-state index is -0.315. The highest BCUT2D eigenvalue weighted by Crippen LogP contribution is 2.12. The summed E-state index contributed by atoms with van der Waals surface area (Å²) in [7, 11) is 0. The lowest BCUT2D eigenvalue weighted by Gasteiger charge is -2.08. The van der Waals surface area contributed by atoms with Gasteiger partial charge in [-0.2, -0.15) is 0 Å². The van der Waals surface area contributed by atoms with Gasteiger partial charge >= 0.3 is 6.03 Å². The lowest BCUT2D eigenvalue weighted by molar-refractivity contribution is 0.244. The van der Waals surface area contributed by atoms with Crippen molar-refractivity contribution in [2.45, 2.75) is 0 Å². The van der Waals surface area contributed by atoms with Gasteiger partial charge in [-0.1, -0.05) is 17.7 Å². The molecular formula is C10H12ClN3O. The minimum absolute atomic E-state index is 0.315. The molecule has 1 aromatic carbocycles. The molecule has 0 aliphatic rings. The molecule has 0 atom stereocenters. The Hall–Kier alpha value is -1.68. The van der Waals surface area contributed by atoms with Gasteiger partial charge in [0.25, 0.3) is 0 Å². The molecule has 0 aliphatic heterocycles. The van der Waals surface area contributed by atoms with Gasteiger partial charge in [-0.25, -0.2) is 4.79 Å². The van der Waals surface area contributed by atoms with E-state index < -0.39 is 0 Å². The number of halogens is 1. The van der Waals surface area contributed by atoms with Crippen LogP contribution in [0.25, 0.3) is 0 Å². The highest BCUT2D eigenvalue weighted by Gasteiger charge is 1.96. The molecule has 0 bridgehead atoms. The first kappa shape index (κ1) is 11.4. The summed E-state index contributed by atoms with van der Waals surface area (Å²) in [5.41, 5.74) is 5.95. The smallest absolute Gasteiger partial charge is 0.333 e. The van der Waals surface area contributed by atoms with E-state index in [4.69, 9.17) is 11.6 Å². The molecule has 0 unspecified atom stereocenters. The molecular weight excluding hydrogens is 214 g/mol. The molecule has 0 spiro atoms. The number of hydrogen-bond donors (Lipinski definition) is 3. The average Bonchev–Trinajstić information content (AvgIpc) is 2.25. The predicted molar refractivity (Wildman–Crippen MR) is 61.8 cm³/mol. The van der Waals surface area contributed by atoms with Crippen LogP contribution in [0.15, 0.2) is 36.9 Å². The number of benzene rings is 1. The van der Waals surface area contributed by atoms with E-state index in [1.54, 1.807) is 30.3 Å². The number of anilines is 1. The maximum Gasteiger partial charge on any atom is 0.333 e. The normalized spacial score (nSPS) is 9.13. The van der Waals surface area contributed by atoms with Crippen molar-refractivity contribution in [1.29, 1.82) is 0 Å². The summed E-state index contributed by atoms with van der Waals surface area (Å²) in [4.78, 5) is 11.1. The molecule has 15 heavy (non-hydrogen) atoms. The van der Waals surface area contributed by atoms with Gasteiger partial charge in [0, 0.05) is 11.6 Å². The van der Waals surface area contributed by atoms with Gasteiger partial charge < -0.3 is 5.32 Å². The second-order valence-corrected chi connectivity index (χ2v) is 3.19. The fourth-order valence-corrected chi connectivity index (χ4v) is 0.997. The zero-order chi connectivity index (χ0) is 11.1. The van der Waals surface area contributed by atoms with Crippen LogP contribution in [0.2, 0.25) is 5.02 Å². The van der Waals surface area contributed by atoms with Crippen molar-refractivity contribution < 1.29 is 4.79 Å². The summed E-state index contributed by atoms with van der Waals surface area (Å²) < 4.78 is 0. The quantitative estimate of drug-likeness (QED) is 0.543. The van der Waals surface area contributed by atoms with Crippen LogP contribution in [-0.2, 0) is 0 Å². The first-order valence-electron chi connectivity index (χ1n) is 4.38. The van der Waals surface area contributed by atoms with Gasteiger partial charge in [0.2, 0.25) is 0 Å². The van der Waals surface area contributed by atoms with Crippen molar-refractivity contribution in [3.8, 4) is 0 Å². The second kappa shape index (κ2) is 5.93. The molecule has 1 aromatic rings. The van der Waals surface area contributed by atoms with Crippen molar-refractivity contribution in [3.63, 3.8) is 0 Å². The molecule has 3 N–H and O–H groups in total. The molecule has 0 heterocycles. The van der Waals surface area contributed by atoms with Crippen LogP contribution in [0, 0.1) is 0 Å². The van der Waals surface area contributed by atoms with Crippen LogP contribution in [-0.4, -0.2) is 12.6 Å². The molecule has 4 nitrogen and oxygen atoms in total. The van der Waals surface area contributed by atoms with Crippen LogP contribution < -0.4 is 16.2 Å². The van der Waals surface area contributed by atoms with Crippen molar-refractivity contribution in [1.82, 2.24) is 10.7 Å². The van der Waals surface area contributed by atoms with Crippen molar-refractivity contribution in [2.24, 2.45) is 0 Å². The summed E-state index contributed by atoms with van der Waals surface area (Å²) in [5.74, 6) is 0. The van der Waals surface area contributed by atoms with E-state index in [9.17, 15) is 4.79 Å². The van der Waals surface area contributed by atoms with E-state index in [-0.39, 0.29) is 6.03 Å². The number of nitrogens with one attached hydrogen (secondary N) is 3. The fourth-order valence-electron chi connectivity index (χ4n) is 0.871. The largest absolute Gasteiger partial charge is 0.333 e. The SMILES string of the molecule is C=CCNC(=O)NNc1ccc(Cl)cc1. The van der Waals surface area contributed by atoms with Gasteiger partial charge in [0.05, 0.1) is 5.69 Å². The van der Waals surface area contributed by atoms with E-state index in [0.29, 0.717) is 11.6 Å². The standard InChI is InChI=1S/C10H12ClN3O/c1-2-7-12-10(15)14-13-9-5-3-8(11)4-6-9/h2-6,13H,1,7H2,(H2,12,14,15). The van der Waals surface area contributed by atoms with Crippen LogP contribution in [0.1, 0.15) is 0 Å². The lowest BCUT2D eigenvalue weighted by Crippen LogP contribution is -2.38. The summed E-state index contributed by atoms with van der Waals surface area (Å²) in [6.07, 6.45) is 1.60. The molecule has 0 radical (unpaired) electrons. The number of carbonyl (C=O) groups is 1. The first-order valence-corrected chi connectivity index (χ1v) is 4.76. The zero-order valence-electron chi connectivity index (χ0n) is 8.09. The molecule has 0 aliphatic carbocycles. The summed E-state index contributed by atoms with van der Waals surface area (Å²) >= 11 is 5.70. The van der Waals surface area contributed by atoms with Crippen LogP contribution in [0.5, 0.6) is 0 Å². The molecule has 80 valence electrons. The van der Waals surface area contributed by atoms with Crippen LogP contribution >= 0.6 is 11.6 Å². The Morgan fingerprint density at radius 2 is 2.07 bits per heavy atom. The topological polar surface area (TPSA) is 53.2 Å². The Labute approximate surface area is 93.3 Å². The molecule has 1 rings (SSSR count). The first-order chi connectivity index (χ1) is 7.22. The highest BCUT2D eigenvalue weighted by molar-refractivity contribution is 6.30. The second-order valence-electron chi connectivity index (χ2n) is 2.76. The van der Waals surface area contributed by atoms with E-state index in [2.05, 4.69) is 22.7 Å². The predicted octanol–water partition coefficient (Wildman–Crippen LogP) is 2.15. The Balaban J connectivity index is 2.33. The maximum atomic E-state index is 11.1. The van der Waals surface area contributed by atoms with E-state index in [1.165, 1.54) is 0 Å². The van der Waals surface area contributed by atoms with E-state index >= 15 is 0 Å². The van der Waals surface area contributed by atoms with E-state index in [0.717, 1.165) is 5.69 Å². The number of rotatable bonds is 4. The zero-order valence-corrected chi connectivity index (χ0v) is 8.84. The lowest BCUT2D eigenvalue weighted by atomic mass is 10.3. The molecule has 0 saturated heterocycles.